The van der Waals surface area contributed by atoms with Gasteiger partial charge in [0.1, 0.15) is 35.5 Å². The van der Waals surface area contributed by atoms with Gasteiger partial charge in [0.25, 0.3) is 0 Å². The average molecular weight is 439 g/mol. The number of aromatic hydroxyl groups is 1. The smallest absolute Gasteiger partial charge is 0.205 e. The molecule has 30 heavy (non-hydrogen) atoms. The van der Waals surface area contributed by atoms with Crippen molar-refractivity contribution >= 4 is 23.2 Å². The fourth-order valence-corrected chi connectivity index (χ4v) is 3.66. The van der Waals surface area contributed by atoms with E-state index in [0.29, 0.717) is 33.7 Å². The van der Waals surface area contributed by atoms with E-state index in [4.69, 9.17) is 38.4 Å². The number of nitriles is 1. The molecule has 3 N–H and O–H groups in total. The van der Waals surface area contributed by atoms with E-state index >= 15 is 0 Å². The van der Waals surface area contributed by atoms with E-state index in [2.05, 4.69) is 6.07 Å². The van der Waals surface area contributed by atoms with Gasteiger partial charge in [0, 0.05) is 11.6 Å². The predicted octanol–water partition coefficient (Wildman–Crippen LogP) is 5.50. The lowest BCUT2D eigenvalue weighted by atomic mass is 9.83. The summed E-state index contributed by atoms with van der Waals surface area (Å²) in [7, 11) is 0. The normalized spacial score (nSPS) is 15.2. The lowest BCUT2D eigenvalue weighted by Gasteiger charge is -2.26. The quantitative estimate of drug-likeness (QED) is 0.561. The maximum absolute atomic E-state index is 9.74. The number of benzene rings is 3. The number of rotatable bonds is 4. The molecule has 0 aromatic heterocycles. The molecule has 0 saturated heterocycles. The number of phenolic OH excluding ortho intramolecular Hbond substituents is 1. The highest BCUT2D eigenvalue weighted by molar-refractivity contribution is 6.42. The zero-order valence-corrected chi connectivity index (χ0v) is 17.1. The van der Waals surface area contributed by atoms with Crippen LogP contribution in [0.4, 0.5) is 0 Å². The van der Waals surface area contributed by atoms with Crippen LogP contribution < -0.4 is 15.2 Å². The van der Waals surface area contributed by atoms with Crippen molar-refractivity contribution in [1.29, 1.82) is 5.26 Å². The van der Waals surface area contributed by atoms with Gasteiger partial charge in [0.15, 0.2) is 0 Å². The fraction of sp³-hybridized carbons (Fsp3) is 0.0870. The van der Waals surface area contributed by atoms with Crippen molar-refractivity contribution < 1.29 is 14.6 Å². The molecule has 3 aromatic carbocycles. The Balaban J connectivity index is 1.59. The molecule has 1 aliphatic rings. The molecule has 0 bridgehead atoms. The molecule has 1 atom stereocenters. The van der Waals surface area contributed by atoms with Crippen molar-refractivity contribution in [3.63, 3.8) is 0 Å². The van der Waals surface area contributed by atoms with Crippen molar-refractivity contribution in [1.82, 2.24) is 0 Å². The number of hydrogen-bond donors (Lipinski definition) is 2. The fourth-order valence-electron chi connectivity index (χ4n) is 3.34. The second-order valence-corrected chi connectivity index (χ2v) is 7.57. The topological polar surface area (TPSA) is 88.5 Å². The summed E-state index contributed by atoms with van der Waals surface area (Å²) in [6.07, 6.45) is 0. The van der Waals surface area contributed by atoms with E-state index in [1.54, 1.807) is 24.3 Å². The number of halogens is 2. The summed E-state index contributed by atoms with van der Waals surface area (Å²) in [5.74, 6) is 0.783. The molecular formula is C23H16Cl2N2O3. The molecule has 3 aromatic rings. The minimum Gasteiger partial charge on any atom is -0.508 e. The lowest BCUT2D eigenvalue weighted by molar-refractivity contribution is 0.306. The van der Waals surface area contributed by atoms with E-state index in [9.17, 15) is 10.4 Å². The van der Waals surface area contributed by atoms with Gasteiger partial charge in [-0.25, -0.2) is 0 Å². The Morgan fingerprint density at radius 1 is 1.03 bits per heavy atom. The first-order chi connectivity index (χ1) is 14.5. The number of nitrogens with zero attached hydrogens (tertiary/aromatic N) is 1. The van der Waals surface area contributed by atoms with Gasteiger partial charge in [-0.05, 0) is 41.5 Å². The summed E-state index contributed by atoms with van der Waals surface area (Å²) in [4.78, 5) is 0. The van der Waals surface area contributed by atoms with Gasteiger partial charge in [0.05, 0.1) is 16.0 Å². The van der Waals surface area contributed by atoms with Crippen LogP contribution in [0.5, 0.6) is 17.2 Å². The van der Waals surface area contributed by atoms with Crippen LogP contribution in [0, 0.1) is 11.3 Å². The minimum atomic E-state index is -0.400. The lowest BCUT2D eigenvalue weighted by Crippen LogP contribution is -2.20. The van der Waals surface area contributed by atoms with Gasteiger partial charge in [-0.1, -0.05) is 47.5 Å². The summed E-state index contributed by atoms with van der Waals surface area (Å²) in [6.45, 7) is 0.339. The van der Waals surface area contributed by atoms with Crippen molar-refractivity contribution in [2.75, 3.05) is 0 Å². The zero-order valence-electron chi connectivity index (χ0n) is 15.6. The standard InChI is InChI=1S/C23H16Cl2N2O3/c24-19-8-1-13(9-20(19)25)12-29-16-5-2-14(3-6-16)22-17-7-4-15(28)10-21(17)30-23(27)18(22)11-26/h1-10,22,28H,12,27H2/t22-/m0/s1. The van der Waals surface area contributed by atoms with Gasteiger partial charge in [0.2, 0.25) is 5.88 Å². The van der Waals surface area contributed by atoms with Crippen LogP contribution in [0.1, 0.15) is 22.6 Å². The van der Waals surface area contributed by atoms with Gasteiger partial charge in [-0.2, -0.15) is 5.26 Å². The first kappa shape index (κ1) is 20.0. The maximum atomic E-state index is 9.74. The second kappa shape index (κ2) is 8.19. The molecule has 0 unspecified atom stereocenters. The Morgan fingerprint density at radius 3 is 2.50 bits per heavy atom. The van der Waals surface area contributed by atoms with Crippen molar-refractivity contribution in [3.8, 4) is 23.3 Å². The van der Waals surface area contributed by atoms with Crippen LogP contribution in [-0.2, 0) is 6.61 Å². The monoisotopic (exact) mass is 438 g/mol. The van der Waals surface area contributed by atoms with Crippen LogP contribution in [0.15, 0.2) is 72.1 Å². The third-order valence-corrected chi connectivity index (χ3v) is 5.54. The van der Waals surface area contributed by atoms with E-state index < -0.39 is 5.92 Å². The van der Waals surface area contributed by atoms with Crippen molar-refractivity contribution in [2.24, 2.45) is 5.73 Å². The zero-order chi connectivity index (χ0) is 21.3. The third kappa shape index (κ3) is 3.88. The number of nitrogens with two attached hydrogens (primary N) is 1. The molecule has 4 rings (SSSR count). The third-order valence-electron chi connectivity index (χ3n) is 4.81. The number of allylic oxidation sites excluding steroid dienone is 1. The Hall–Kier alpha value is -3.33. The SMILES string of the molecule is N#CC1=C(N)Oc2cc(O)ccc2[C@@H]1c1ccc(OCc2ccc(Cl)c(Cl)c2)cc1. The number of ether oxygens (including phenoxy) is 2. The molecule has 0 amide bonds. The minimum absolute atomic E-state index is 0.0283. The Labute approximate surface area is 183 Å². The van der Waals surface area contributed by atoms with Gasteiger partial charge in [-0.3, -0.25) is 0 Å². The Morgan fingerprint density at radius 2 is 1.80 bits per heavy atom. The average Bonchev–Trinajstić information content (AvgIpc) is 2.74. The highest BCUT2D eigenvalue weighted by Gasteiger charge is 2.30. The van der Waals surface area contributed by atoms with E-state index in [1.165, 1.54) is 6.07 Å². The molecule has 0 saturated carbocycles. The Bertz CT molecular complexity index is 1180. The summed E-state index contributed by atoms with van der Waals surface area (Å²) in [6, 6.07) is 19.7. The summed E-state index contributed by atoms with van der Waals surface area (Å²) < 4.78 is 11.4. The predicted molar refractivity (Wildman–Crippen MR) is 115 cm³/mol. The first-order valence-corrected chi connectivity index (χ1v) is 9.79. The van der Waals surface area contributed by atoms with Gasteiger partial charge < -0.3 is 20.3 Å². The van der Waals surface area contributed by atoms with Crippen LogP contribution in [0.2, 0.25) is 10.0 Å². The van der Waals surface area contributed by atoms with Crippen LogP contribution in [0.3, 0.4) is 0 Å². The maximum Gasteiger partial charge on any atom is 0.205 e. The van der Waals surface area contributed by atoms with E-state index in [-0.39, 0.29) is 11.6 Å². The molecule has 5 nitrogen and oxygen atoms in total. The Kier molecular flexibility index (Phi) is 5.45. The highest BCUT2D eigenvalue weighted by Crippen LogP contribution is 2.43. The van der Waals surface area contributed by atoms with E-state index in [0.717, 1.165) is 16.7 Å². The molecule has 0 aliphatic carbocycles. The summed E-state index contributed by atoms with van der Waals surface area (Å²) in [5.41, 5.74) is 8.78. The van der Waals surface area contributed by atoms with Crippen molar-refractivity contribution in [2.45, 2.75) is 12.5 Å². The van der Waals surface area contributed by atoms with E-state index in [1.807, 2.05) is 30.3 Å². The summed E-state index contributed by atoms with van der Waals surface area (Å²) >= 11 is 12.0. The molecule has 1 aliphatic heterocycles. The molecular weight excluding hydrogens is 423 g/mol. The number of fused-ring (bicyclic) bond motifs is 1. The van der Waals surface area contributed by atoms with Crippen molar-refractivity contribution in [3.05, 3.63) is 98.9 Å². The highest BCUT2D eigenvalue weighted by atomic mass is 35.5. The summed E-state index contributed by atoms with van der Waals surface area (Å²) in [5, 5.41) is 20.3. The molecule has 0 radical (unpaired) electrons. The first-order valence-electron chi connectivity index (χ1n) is 9.03. The molecule has 0 fully saturated rings. The van der Waals surface area contributed by atoms with Gasteiger partial charge >= 0.3 is 0 Å². The second-order valence-electron chi connectivity index (χ2n) is 6.75. The molecule has 0 spiro atoms. The number of hydrogen-bond acceptors (Lipinski definition) is 5. The van der Waals surface area contributed by atoms with Gasteiger partial charge in [-0.15, -0.1) is 0 Å². The van der Waals surface area contributed by atoms with Crippen LogP contribution in [0.25, 0.3) is 0 Å². The van der Waals surface area contributed by atoms with Crippen LogP contribution in [-0.4, -0.2) is 5.11 Å². The molecule has 7 heteroatoms. The molecule has 1 heterocycles. The largest absolute Gasteiger partial charge is 0.508 e. The molecule has 150 valence electrons. The van der Waals surface area contributed by atoms with Crippen LogP contribution >= 0.6 is 23.2 Å². The number of phenols is 1.